The van der Waals surface area contributed by atoms with Gasteiger partial charge >= 0.3 is 0 Å². The molecule has 0 fully saturated rings. The molecular weight excluding hydrogens is 418 g/mol. The lowest BCUT2D eigenvalue weighted by atomic mass is 10.2. The fourth-order valence-electron chi connectivity index (χ4n) is 3.04. The second kappa shape index (κ2) is 11.7. The number of hydrogen-bond donors (Lipinski definition) is 0. The highest BCUT2D eigenvalue weighted by molar-refractivity contribution is 7.22. The van der Waals surface area contributed by atoms with Gasteiger partial charge in [-0.3, -0.25) is 9.69 Å². The Hall–Kier alpha value is -2.41. The maximum Gasteiger partial charge on any atom is 0.252 e. The predicted molar refractivity (Wildman–Crippen MR) is 129 cm³/mol. The molecule has 0 radical (unpaired) electrons. The molecule has 0 unspecified atom stereocenters. The number of rotatable bonds is 9. The average molecular weight is 446 g/mol. The minimum Gasteiger partial charge on any atom is -0.497 e. The number of aromatic nitrogens is 1. The molecule has 0 aliphatic heterocycles. The third-order valence-corrected chi connectivity index (χ3v) is 5.87. The molecule has 1 amide bonds. The van der Waals surface area contributed by atoms with Gasteiger partial charge in [0.2, 0.25) is 0 Å². The van der Waals surface area contributed by atoms with E-state index in [2.05, 4.69) is 18.7 Å². The Balaban J connectivity index is 0.00000320. The van der Waals surface area contributed by atoms with Crippen LogP contribution in [0.2, 0.25) is 0 Å². The van der Waals surface area contributed by atoms with Crippen LogP contribution in [0.15, 0.2) is 54.6 Å². The maximum absolute atomic E-state index is 13.1. The van der Waals surface area contributed by atoms with Crippen LogP contribution in [-0.4, -0.2) is 49.1 Å². The number of hydrogen-bond acceptors (Lipinski definition) is 5. The zero-order valence-electron chi connectivity index (χ0n) is 17.6. The molecular formula is C23H28ClN3O2S. The van der Waals surface area contributed by atoms with E-state index in [1.807, 2.05) is 54.6 Å². The first kappa shape index (κ1) is 23.9. The molecule has 0 N–H and O–H groups in total. The summed E-state index contributed by atoms with van der Waals surface area (Å²) < 4.78 is 6.32. The Morgan fingerprint density at radius 2 is 1.83 bits per heavy atom. The molecule has 0 bridgehead atoms. The summed E-state index contributed by atoms with van der Waals surface area (Å²) in [6, 6.07) is 15.6. The molecule has 7 heteroatoms. The average Bonchev–Trinajstić information content (AvgIpc) is 3.18. The highest BCUT2D eigenvalue weighted by atomic mass is 35.5. The number of nitrogens with zero attached hydrogens (tertiary/aromatic N) is 3. The molecule has 30 heavy (non-hydrogen) atoms. The number of halogens is 1. The van der Waals surface area contributed by atoms with Crippen LogP contribution >= 0.6 is 23.7 Å². The summed E-state index contributed by atoms with van der Waals surface area (Å²) in [5.41, 5.74) is 1.87. The lowest BCUT2D eigenvalue weighted by molar-refractivity contribution is -0.114. The van der Waals surface area contributed by atoms with E-state index < -0.39 is 0 Å². The number of methoxy groups -OCH3 is 1. The molecule has 0 aliphatic carbocycles. The van der Waals surface area contributed by atoms with E-state index in [-0.39, 0.29) is 18.3 Å². The van der Waals surface area contributed by atoms with Crippen molar-refractivity contribution in [1.29, 1.82) is 0 Å². The zero-order chi connectivity index (χ0) is 20.6. The number of anilines is 1. The Morgan fingerprint density at radius 1 is 1.10 bits per heavy atom. The van der Waals surface area contributed by atoms with E-state index in [1.54, 1.807) is 18.1 Å². The van der Waals surface area contributed by atoms with E-state index >= 15 is 0 Å². The predicted octanol–water partition coefficient (Wildman–Crippen LogP) is 5.11. The van der Waals surface area contributed by atoms with Gasteiger partial charge in [0.05, 0.1) is 17.3 Å². The van der Waals surface area contributed by atoms with Crippen LogP contribution in [0.4, 0.5) is 5.13 Å². The topological polar surface area (TPSA) is 45.7 Å². The normalized spacial score (nSPS) is 11.1. The molecule has 0 spiro atoms. The fraction of sp³-hybridized carbons (Fsp3) is 0.304. The second-order valence-corrected chi connectivity index (χ2v) is 7.60. The number of thiazole rings is 1. The SMILES string of the molecule is CCN(CC)CCN(C(=O)C=Cc1ccccc1)c1nc2ccc(OC)cc2s1.Cl. The monoisotopic (exact) mass is 445 g/mol. The van der Waals surface area contributed by atoms with Gasteiger partial charge in [0.25, 0.3) is 5.91 Å². The minimum absolute atomic E-state index is 0. The van der Waals surface area contributed by atoms with E-state index in [9.17, 15) is 4.79 Å². The number of fused-ring (bicyclic) bond motifs is 1. The molecule has 3 aromatic rings. The molecule has 0 saturated carbocycles. The van der Waals surface area contributed by atoms with Gasteiger partial charge in [-0.05, 0) is 42.9 Å². The summed E-state index contributed by atoms with van der Waals surface area (Å²) in [6.45, 7) is 7.57. The van der Waals surface area contributed by atoms with Crippen molar-refractivity contribution in [3.63, 3.8) is 0 Å². The van der Waals surface area contributed by atoms with Gasteiger partial charge in [0.1, 0.15) is 5.75 Å². The van der Waals surface area contributed by atoms with E-state index in [0.29, 0.717) is 11.7 Å². The van der Waals surface area contributed by atoms with E-state index in [4.69, 9.17) is 9.72 Å². The minimum atomic E-state index is -0.0629. The van der Waals surface area contributed by atoms with Crippen LogP contribution in [0.3, 0.4) is 0 Å². The third-order valence-electron chi connectivity index (χ3n) is 4.83. The van der Waals surface area contributed by atoms with E-state index in [1.165, 1.54) is 11.3 Å². The molecule has 2 aromatic carbocycles. The molecule has 1 aromatic heterocycles. The molecule has 0 aliphatic rings. The van der Waals surface area contributed by atoms with Crippen LogP contribution < -0.4 is 9.64 Å². The van der Waals surface area contributed by atoms with Crippen LogP contribution in [-0.2, 0) is 4.79 Å². The van der Waals surface area contributed by atoms with Gasteiger partial charge in [-0.2, -0.15) is 0 Å². The van der Waals surface area contributed by atoms with Crippen molar-refractivity contribution < 1.29 is 9.53 Å². The summed E-state index contributed by atoms with van der Waals surface area (Å²) in [4.78, 5) is 21.9. The van der Waals surface area contributed by atoms with Crippen molar-refractivity contribution in [3.8, 4) is 5.75 Å². The molecule has 1 heterocycles. The highest BCUT2D eigenvalue weighted by Gasteiger charge is 2.19. The summed E-state index contributed by atoms with van der Waals surface area (Å²) >= 11 is 1.51. The van der Waals surface area contributed by atoms with Crippen LogP contribution in [0, 0.1) is 0 Å². The van der Waals surface area contributed by atoms with Crippen molar-refractivity contribution in [2.24, 2.45) is 0 Å². The second-order valence-electron chi connectivity index (χ2n) is 6.59. The summed E-state index contributed by atoms with van der Waals surface area (Å²) in [5, 5.41) is 0.711. The van der Waals surface area contributed by atoms with Gasteiger partial charge in [0, 0.05) is 19.2 Å². The Morgan fingerprint density at radius 3 is 2.50 bits per heavy atom. The molecule has 0 atom stereocenters. The van der Waals surface area contributed by atoms with Gasteiger partial charge in [0.15, 0.2) is 5.13 Å². The van der Waals surface area contributed by atoms with Crippen LogP contribution in [0.25, 0.3) is 16.3 Å². The van der Waals surface area contributed by atoms with Crippen molar-refractivity contribution in [2.75, 3.05) is 38.2 Å². The van der Waals surface area contributed by atoms with Crippen molar-refractivity contribution in [2.45, 2.75) is 13.8 Å². The van der Waals surface area contributed by atoms with Gasteiger partial charge in [-0.15, -0.1) is 12.4 Å². The van der Waals surface area contributed by atoms with Crippen LogP contribution in [0.5, 0.6) is 5.75 Å². The summed E-state index contributed by atoms with van der Waals surface area (Å²) in [5.74, 6) is 0.727. The molecule has 3 rings (SSSR count). The van der Waals surface area contributed by atoms with Crippen molar-refractivity contribution >= 4 is 51.1 Å². The number of carbonyl (C=O) groups excluding carboxylic acids is 1. The highest BCUT2D eigenvalue weighted by Crippen LogP contribution is 2.31. The number of carbonyl (C=O) groups is 1. The van der Waals surface area contributed by atoms with Crippen molar-refractivity contribution in [1.82, 2.24) is 9.88 Å². The Labute approximate surface area is 188 Å². The summed E-state index contributed by atoms with van der Waals surface area (Å²) in [7, 11) is 1.65. The number of likely N-dealkylation sites (N-methyl/N-ethyl adjacent to an activating group) is 1. The molecule has 160 valence electrons. The lowest BCUT2D eigenvalue weighted by Gasteiger charge is -2.23. The van der Waals surface area contributed by atoms with Gasteiger partial charge in [-0.25, -0.2) is 4.98 Å². The first-order valence-electron chi connectivity index (χ1n) is 9.86. The first-order chi connectivity index (χ1) is 14.1. The number of amides is 1. The van der Waals surface area contributed by atoms with Gasteiger partial charge < -0.3 is 9.64 Å². The smallest absolute Gasteiger partial charge is 0.252 e. The molecule has 5 nitrogen and oxygen atoms in total. The zero-order valence-corrected chi connectivity index (χ0v) is 19.2. The molecule has 0 saturated heterocycles. The standard InChI is InChI=1S/C23H27N3O2S.ClH/c1-4-25(5-2)15-16-26(22(27)14-11-18-9-7-6-8-10-18)23-24-20-13-12-19(28-3)17-21(20)29-23;/h6-14,17H,4-5,15-16H2,1-3H3;1H. The van der Waals surface area contributed by atoms with Crippen molar-refractivity contribution in [3.05, 3.63) is 60.2 Å². The summed E-state index contributed by atoms with van der Waals surface area (Å²) in [6.07, 6.45) is 3.48. The first-order valence-corrected chi connectivity index (χ1v) is 10.7. The van der Waals surface area contributed by atoms with Gasteiger partial charge in [-0.1, -0.05) is 55.5 Å². The van der Waals surface area contributed by atoms with Crippen LogP contribution in [0.1, 0.15) is 19.4 Å². The third kappa shape index (κ3) is 6.05. The largest absolute Gasteiger partial charge is 0.497 e. The quantitative estimate of drug-likeness (QED) is 0.429. The number of ether oxygens (including phenoxy) is 1. The Kier molecular flexibility index (Phi) is 9.30. The maximum atomic E-state index is 13.1. The Bertz CT molecular complexity index is 971. The van der Waals surface area contributed by atoms with E-state index in [0.717, 1.165) is 41.2 Å². The lowest BCUT2D eigenvalue weighted by Crippen LogP contribution is -2.38. The number of benzene rings is 2. The fourth-order valence-corrected chi connectivity index (χ4v) is 4.06.